The van der Waals surface area contributed by atoms with Crippen LogP contribution in [0.5, 0.6) is 0 Å². The Labute approximate surface area is 165 Å². The van der Waals surface area contributed by atoms with E-state index in [0.29, 0.717) is 11.3 Å². The molecule has 2 aromatic rings. The molecule has 0 nitrogen and oxygen atoms in total. The average Bonchev–Trinajstić information content (AvgIpc) is 3.07. The fraction of sp³-hybridized carbons (Fsp3) is 0.500. The number of benzene rings is 2. The molecular formula is C24H32ClP. The average molecular weight is 387 g/mol. The third-order valence-electron chi connectivity index (χ3n) is 5.68. The van der Waals surface area contributed by atoms with Crippen molar-refractivity contribution in [2.75, 3.05) is 0 Å². The smallest absolute Gasteiger partial charge is 0.0186 e. The van der Waals surface area contributed by atoms with Gasteiger partial charge in [0.1, 0.15) is 0 Å². The van der Waals surface area contributed by atoms with E-state index in [1.807, 2.05) is 0 Å². The number of rotatable bonds is 8. The van der Waals surface area contributed by atoms with Gasteiger partial charge in [0.05, 0.1) is 0 Å². The lowest BCUT2D eigenvalue weighted by atomic mass is 10.0. The Kier molecular flexibility index (Phi) is 7.59. The van der Waals surface area contributed by atoms with Crippen LogP contribution in [0.25, 0.3) is 0 Å². The van der Waals surface area contributed by atoms with Gasteiger partial charge in [0.15, 0.2) is 0 Å². The predicted octanol–water partition coefficient (Wildman–Crippen LogP) is 8.58. The van der Waals surface area contributed by atoms with Gasteiger partial charge in [-0.05, 0) is 60.8 Å². The molecular weight excluding hydrogens is 355 g/mol. The summed E-state index contributed by atoms with van der Waals surface area (Å²) < 4.78 is 0. The molecule has 1 fully saturated rings. The van der Waals surface area contributed by atoms with Crippen LogP contribution in [-0.2, 0) is 12.8 Å². The predicted molar refractivity (Wildman–Crippen MR) is 118 cm³/mol. The molecule has 1 aliphatic heterocycles. The Balaban J connectivity index is 1.64. The summed E-state index contributed by atoms with van der Waals surface area (Å²) in [5, 5.41) is 0. The number of hydrogen-bond donors (Lipinski definition) is 0. The van der Waals surface area contributed by atoms with E-state index in [1.54, 1.807) is 0 Å². The zero-order valence-corrected chi connectivity index (χ0v) is 17.9. The molecule has 1 saturated heterocycles. The van der Waals surface area contributed by atoms with E-state index >= 15 is 0 Å². The summed E-state index contributed by atoms with van der Waals surface area (Å²) in [5.41, 5.74) is 6.94. The Hall–Kier alpha value is -0.840. The minimum Gasteiger partial charge on any atom is -0.0951 e. The molecule has 26 heavy (non-hydrogen) atoms. The first kappa shape index (κ1) is 19.9. The molecule has 0 N–H and O–H groups in total. The fourth-order valence-electron chi connectivity index (χ4n) is 3.97. The molecule has 2 atom stereocenters. The maximum Gasteiger partial charge on any atom is 0.0186 e. The Morgan fingerprint density at radius 1 is 0.731 bits per heavy atom. The molecule has 140 valence electrons. The zero-order valence-electron chi connectivity index (χ0n) is 16.3. The second-order valence-electron chi connectivity index (χ2n) is 7.64. The first-order chi connectivity index (χ1) is 12.7. The van der Waals surface area contributed by atoms with Gasteiger partial charge in [-0.25, -0.2) is 0 Å². The largest absolute Gasteiger partial charge is 0.0951 e. The molecule has 2 aromatic carbocycles. The first-order valence-corrected chi connectivity index (χ1v) is 12.7. The molecule has 0 amide bonds. The van der Waals surface area contributed by atoms with Crippen molar-refractivity contribution in [1.29, 1.82) is 0 Å². The summed E-state index contributed by atoms with van der Waals surface area (Å²) in [4.78, 5) is 0. The van der Waals surface area contributed by atoms with Crippen LogP contribution in [0.15, 0.2) is 48.5 Å². The summed E-state index contributed by atoms with van der Waals surface area (Å²) in [5.74, 6) is 0. The lowest BCUT2D eigenvalue weighted by Crippen LogP contribution is -1.93. The van der Waals surface area contributed by atoms with Crippen molar-refractivity contribution in [2.24, 2.45) is 0 Å². The van der Waals surface area contributed by atoms with E-state index in [4.69, 9.17) is 11.2 Å². The number of unbranched alkanes of at least 4 members (excludes halogenated alkanes) is 2. The van der Waals surface area contributed by atoms with Crippen LogP contribution in [0, 0.1) is 0 Å². The van der Waals surface area contributed by atoms with Crippen LogP contribution >= 0.6 is 18.5 Å². The first-order valence-electron chi connectivity index (χ1n) is 10.3. The highest BCUT2D eigenvalue weighted by molar-refractivity contribution is 7.84. The van der Waals surface area contributed by atoms with Crippen LogP contribution in [0.2, 0.25) is 0 Å². The van der Waals surface area contributed by atoms with Gasteiger partial charge >= 0.3 is 0 Å². The van der Waals surface area contributed by atoms with Crippen molar-refractivity contribution >= 4 is 18.5 Å². The standard InChI is InChI=1S/C24H32ClP/c1-3-5-7-19-9-13-21(14-10-19)23-17-18-24(26(23)25)22-15-11-20(12-16-22)8-6-4-2/h9-16,23-24H,3-8,17-18H2,1-2H3/t23-,24-/m0/s1. The molecule has 0 unspecified atom stereocenters. The zero-order chi connectivity index (χ0) is 18.4. The lowest BCUT2D eigenvalue weighted by molar-refractivity contribution is 0.762. The van der Waals surface area contributed by atoms with Crippen molar-refractivity contribution in [3.63, 3.8) is 0 Å². The van der Waals surface area contributed by atoms with E-state index in [0.717, 1.165) is 0 Å². The minimum absolute atomic E-state index is 0.513. The van der Waals surface area contributed by atoms with Crippen LogP contribution in [0.1, 0.15) is 85.9 Å². The van der Waals surface area contributed by atoms with Gasteiger partial charge < -0.3 is 0 Å². The SMILES string of the molecule is CCCCc1ccc([C@@H]2CC[C@@H](c3ccc(CCCC)cc3)P2Cl)cc1. The van der Waals surface area contributed by atoms with Gasteiger partial charge in [-0.2, -0.15) is 0 Å². The third kappa shape index (κ3) is 4.90. The maximum atomic E-state index is 7.02. The molecule has 1 heterocycles. The number of halogens is 1. The van der Waals surface area contributed by atoms with Crippen molar-refractivity contribution in [3.05, 3.63) is 70.8 Å². The van der Waals surface area contributed by atoms with Crippen LogP contribution in [0.3, 0.4) is 0 Å². The lowest BCUT2D eigenvalue weighted by Gasteiger charge is -2.20. The fourth-order valence-corrected chi connectivity index (χ4v) is 7.37. The molecule has 2 heteroatoms. The molecule has 0 aromatic heterocycles. The van der Waals surface area contributed by atoms with E-state index in [1.165, 1.54) is 73.6 Å². The quantitative estimate of drug-likeness (QED) is 0.398. The monoisotopic (exact) mass is 386 g/mol. The molecule has 0 saturated carbocycles. The molecule has 3 rings (SSSR count). The Morgan fingerprint density at radius 2 is 1.12 bits per heavy atom. The number of aryl methyl sites for hydroxylation is 2. The summed E-state index contributed by atoms with van der Waals surface area (Å²) in [7, 11) is -0.513. The molecule has 0 spiro atoms. The minimum atomic E-state index is -0.513. The Morgan fingerprint density at radius 3 is 1.46 bits per heavy atom. The normalized spacial score (nSPS) is 20.6. The van der Waals surface area contributed by atoms with Crippen LogP contribution in [0.4, 0.5) is 0 Å². The maximum absolute atomic E-state index is 7.02. The second kappa shape index (κ2) is 9.91. The molecule has 0 radical (unpaired) electrons. The highest BCUT2D eigenvalue weighted by Crippen LogP contribution is 2.73. The van der Waals surface area contributed by atoms with E-state index in [2.05, 4.69) is 62.4 Å². The third-order valence-corrected chi connectivity index (χ3v) is 9.39. The van der Waals surface area contributed by atoms with Gasteiger partial charge in [-0.1, -0.05) is 86.5 Å². The highest BCUT2D eigenvalue weighted by Gasteiger charge is 2.36. The van der Waals surface area contributed by atoms with E-state index in [9.17, 15) is 0 Å². The van der Waals surface area contributed by atoms with Crippen LogP contribution < -0.4 is 0 Å². The number of hydrogen-bond acceptors (Lipinski definition) is 0. The highest BCUT2D eigenvalue weighted by atomic mass is 35.7. The van der Waals surface area contributed by atoms with Gasteiger partial charge in [-0.15, -0.1) is 0 Å². The Bertz CT molecular complexity index is 602. The molecule has 1 aliphatic rings. The van der Waals surface area contributed by atoms with Crippen LogP contribution in [-0.4, -0.2) is 0 Å². The summed E-state index contributed by atoms with van der Waals surface area (Å²) in [6, 6.07) is 18.6. The molecule has 0 bridgehead atoms. The van der Waals surface area contributed by atoms with E-state index < -0.39 is 7.27 Å². The summed E-state index contributed by atoms with van der Waals surface area (Å²) >= 11 is 7.02. The van der Waals surface area contributed by atoms with Crippen molar-refractivity contribution in [1.82, 2.24) is 0 Å². The van der Waals surface area contributed by atoms with Crippen molar-refractivity contribution in [2.45, 2.75) is 76.5 Å². The van der Waals surface area contributed by atoms with Gasteiger partial charge in [0.2, 0.25) is 0 Å². The van der Waals surface area contributed by atoms with E-state index in [-0.39, 0.29) is 0 Å². The molecule has 0 aliphatic carbocycles. The summed E-state index contributed by atoms with van der Waals surface area (Å²) in [6.07, 6.45) is 9.93. The van der Waals surface area contributed by atoms with Crippen molar-refractivity contribution < 1.29 is 0 Å². The van der Waals surface area contributed by atoms with Gasteiger partial charge in [0, 0.05) is 18.6 Å². The summed E-state index contributed by atoms with van der Waals surface area (Å²) in [6.45, 7) is 4.51. The van der Waals surface area contributed by atoms with Crippen molar-refractivity contribution in [3.8, 4) is 0 Å². The second-order valence-corrected chi connectivity index (χ2v) is 10.7. The van der Waals surface area contributed by atoms with Gasteiger partial charge in [0.25, 0.3) is 0 Å². The van der Waals surface area contributed by atoms with Gasteiger partial charge in [-0.3, -0.25) is 0 Å². The topological polar surface area (TPSA) is 0 Å².